The quantitative estimate of drug-likeness (QED) is 0.582. The Balaban J connectivity index is 1.25. The van der Waals surface area contributed by atoms with Crippen LogP contribution in [0.3, 0.4) is 0 Å². The maximum Gasteiger partial charge on any atom is 0.123 e. The Kier molecular flexibility index (Phi) is 7.65. The average molecular weight is 408 g/mol. The second-order valence-corrected chi connectivity index (χ2v) is 8.64. The summed E-state index contributed by atoms with van der Waals surface area (Å²) < 4.78 is 12.1. The van der Waals surface area contributed by atoms with Crippen LogP contribution in [0.5, 0.6) is 11.5 Å². The number of rotatable bonds is 10. The lowest BCUT2D eigenvalue weighted by Gasteiger charge is -2.19. The van der Waals surface area contributed by atoms with Crippen molar-refractivity contribution in [2.75, 3.05) is 46.4 Å². The molecule has 2 fully saturated rings. The van der Waals surface area contributed by atoms with Crippen molar-refractivity contribution in [3.63, 3.8) is 0 Å². The molecule has 1 unspecified atom stereocenters. The first-order valence-electron chi connectivity index (χ1n) is 11.5. The summed E-state index contributed by atoms with van der Waals surface area (Å²) >= 11 is 0. The van der Waals surface area contributed by atoms with E-state index >= 15 is 0 Å². The van der Waals surface area contributed by atoms with Crippen molar-refractivity contribution in [3.05, 3.63) is 59.7 Å². The van der Waals surface area contributed by atoms with Crippen LogP contribution in [0.4, 0.5) is 0 Å². The third-order valence-corrected chi connectivity index (χ3v) is 6.46. The van der Waals surface area contributed by atoms with E-state index in [4.69, 9.17) is 9.47 Å². The van der Waals surface area contributed by atoms with Crippen LogP contribution in [0.1, 0.15) is 43.2 Å². The minimum absolute atomic E-state index is 0.682. The highest BCUT2D eigenvalue weighted by Gasteiger charge is 2.20. The summed E-state index contributed by atoms with van der Waals surface area (Å²) in [6, 6.07) is 18.6. The molecule has 2 saturated heterocycles. The van der Waals surface area contributed by atoms with E-state index in [1.807, 2.05) is 12.1 Å². The molecule has 1 radical (unpaired) electrons. The predicted molar refractivity (Wildman–Crippen MR) is 121 cm³/mol. The molecule has 30 heavy (non-hydrogen) atoms. The van der Waals surface area contributed by atoms with Gasteiger partial charge in [0.05, 0.1) is 6.61 Å². The molecule has 1 atom stereocenters. The Hall–Kier alpha value is -2.04. The summed E-state index contributed by atoms with van der Waals surface area (Å²) in [6.07, 6.45) is 7.19. The zero-order valence-corrected chi connectivity index (χ0v) is 18.3. The molecule has 0 spiro atoms. The zero-order chi connectivity index (χ0) is 20.6. The molecule has 0 saturated carbocycles. The molecule has 0 N–H and O–H groups in total. The fourth-order valence-corrected chi connectivity index (χ4v) is 4.58. The van der Waals surface area contributed by atoms with E-state index in [1.165, 1.54) is 50.9 Å². The molecule has 0 aromatic heterocycles. The van der Waals surface area contributed by atoms with Gasteiger partial charge in [-0.15, -0.1) is 0 Å². The molecular weight excluding hydrogens is 372 g/mol. The monoisotopic (exact) mass is 407 g/mol. The van der Waals surface area contributed by atoms with Gasteiger partial charge in [0.25, 0.3) is 0 Å². The molecule has 4 rings (SSSR count). The Bertz CT molecular complexity index is 771. The summed E-state index contributed by atoms with van der Waals surface area (Å²) in [5.74, 6) is 1.91. The van der Waals surface area contributed by atoms with E-state index in [0.29, 0.717) is 6.04 Å². The largest absolute Gasteiger partial charge is 0.494 e. The maximum atomic E-state index is 6.10. The van der Waals surface area contributed by atoms with Crippen LogP contribution in [0.2, 0.25) is 0 Å². The van der Waals surface area contributed by atoms with Gasteiger partial charge in [0, 0.05) is 24.6 Å². The Morgan fingerprint density at radius 1 is 0.967 bits per heavy atom. The first-order valence-corrected chi connectivity index (χ1v) is 11.5. The summed E-state index contributed by atoms with van der Waals surface area (Å²) in [7, 11) is 2.22. The summed E-state index contributed by atoms with van der Waals surface area (Å²) in [4.78, 5) is 4.93. The second-order valence-electron chi connectivity index (χ2n) is 8.64. The number of ether oxygens (including phenoxy) is 2. The van der Waals surface area contributed by atoms with E-state index in [0.717, 1.165) is 49.7 Å². The van der Waals surface area contributed by atoms with Gasteiger partial charge in [-0.3, -0.25) is 4.90 Å². The molecular formula is C26H35N2O2. The van der Waals surface area contributed by atoms with Gasteiger partial charge in [-0.25, -0.2) is 0 Å². The summed E-state index contributed by atoms with van der Waals surface area (Å²) in [5.41, 5.74) is 2.38. The molecule has 0 amide bonds. The van der Waals surface area contributed by atoms with Gasteiger partial charge >= 0.3 is 0 Å². The second kappa shape index (κ2) is 10.8. The van der Waals surface area contributed by atoms with Crippen molar-refractivity contribution in [2.24, 2.45) is 0 Å². The molecule has 0 bridgehead atoms. The number of nitrogens with zero attached hydrogens (tertiary/aromatic N) is 2. The Labute approximate surface area is 181 Å². The molecule has 4 nitrogen and oxygen atoms in total. The fraction of sp³-hybridized carbons (Fsp3) is 0.538. The predicted octanol–water partition coefficient (Wildman–Crippen LogP) is 4.42. The number of hydrogen-bond acceptors (Lipinski definition) is 4. The van der Waals surface area contributed by atoms with E-state index in [1.54, 1.807) is 0 Å². The lowest BCUT2D eigenvalue weighted by atomic mass is 10.0. The van der Waals surface area contributed by atoms with Gasteiger partial charge in [-0.1, -0.05) is 24.3 Å². The van der Waals surface area contributed by atoms with Gasteiger partial charge in [0.1, 0.15) is 18.1 Å². The van der Waals surface area contributed by atoms with E-state index in [2.05, 4.69) is 53.2 Å². The lowest BCUT2D eigenvalue weighted by Crippen LogP contribution is -2.26. The summed E-state index contributed by atoms with van der Waals surface area (Å²) in [5, 5.41) is 0. The van der Waals surface area contributed by atoms with Crippen LogP contribution in [-0.4, -0.2) is 62.3 Å². The zero-order valence-electron chi connectivity index (χ0n) is 18.3. The van der Waals surface area contributed by atoms with E-state index in [9.17, 15) is 0 Å². The van der Waals surface area contributed by atoms with Crippen molar-refractivity contribution in [2.45, 2.75) is 44.6 Å². The highest BCUT2D eigenvalue weighted by Crippen LogP contribution is 2.23. The van der Waals surface area contributed by atoms with Gasteiger partial charge in [-0.05, 0) is 88.6 Å². The van der Waals surface area contributed by atoms with E-state index in [-0.39, 0.29) is 0 Å². The van der Waals surface area contributed by atoms with Gasteiger partial charge in [0.15, 0.2) is 0 Å². The molecule has 2 aliphatic rings. The minimum atomic E-state index is 0.682. The molecule has 2 aromatic carbocycles. The molecule has 0 aliphatic carbocycles. The molecule has 161 valence electrons. The molecule has 2 aromatic rings. The number of likely N-dealkylation sites (tertiary alicyclic amines) is 2. The van der Waals surface area contributed by atoms with Crippen LogP contribution >= 0.6 is 0 Å². The topological polar surface area (TPSA) is 24.9 Å². The summed E-state index contributed by atoms with van der Waals surface area (Å²) in [6.45, 7) is 6.19. The average Bonchev–Trinajstić information content (AvgIpc) is 3.43. The van der Waals surface area contributed by atoms with Crippen molar-refractivity contribution < 1.29 is 9.47 Å². The highest BCUT2D eigenvalue weighted by molar-refractivity contribution is 5.38. The van der Waals surface area contributed by atoms with Gasteiger partial charge < -0.3 is 14.4 Å². The third-order valence-electron chi connectivity index (χ3n) is 6.46. The Morgan fingerprint density at radius 2 is 1.80 bits per heavy atom. The minimum Gasteiger partial charge on any atom is -0.494 e. The SMILES string of the molecule is CN1CCCC1CCOc1ccc(Cc2[c]cccc2OCCN2CCCC2)cc1. The smallest absolute Gasteiger partial charge is 0.123 e. The lowest BCUT2D eigenvalue weighted by molar-refractivity contribution is 0.233. The molecule has 4 heteroatoms. The van der Waals surface area contributed by atoms with Crippen molar-refractivity contribution in [1.82, 2.24) is 9.80 Å². The standard InChI is InChI=1S/C26H35N2O2/c1-27-15-6-8-24(27)14-19-29-25-12-10-22(11-13-25)21-23-7-2-3-9-26(23)30-20-18-28-16-4-5-17-28/h2-3,9-13,24H,4-6,8,14-21H2,1H3. The van der Waals surface area contributed by atoms with Gasteiger partial charge in [0.2, 0.25) is 0 Å². The maximum absolute atomic E-state index is 6.10. The van der Waals surface area contributed by atoms with Crippen LogP contribution in [-0.2, 0) is 6.42 Å². The van der Waals surface area contributed by atoms with Crippen LogP contribution in [0, 0.1) is 6.07 Å². The van der Waals surface area contributed by atoms with Crippen LogP contribution < -0.4 is 9.47 Å². The van der Waals surface area contributed by atoms with Crippen molar-refractivity contribution in [1.29, 1.82) is 0 Å². The first kappa shape index (κ1) is 21.2. The highest BCUT2D eigenvalue weighted by atomic mass is 16.5. The van der Waals surface area contributed by atoms with Crippen molar-refractivity contribution >= 4 is 0 Å². The third kappa shape index (κ3) is 5.99. The number of hydrogen-bond donors (Lipinski definition) is 0. The van der Waals surface area contributed by atoms with Crippen LogP contribution in [0.15, 0.2) is 42.5 Å². The fourth-order valence-electron chi connectivity index (χ4n) is 4.58. The first-order chi connectivity index (χ1) is 14.8. The van der Waals surface area contributed by atoms with Crippen LogP contribution in [0.25, 0.3) is 0 Å². The van der Waals surface area contributed by atoms with Crippen molar-refractivity contribution in [3.8, 4) is 11.5 Å². The van der Waals surface area contributed by atoms with Gasteiger partial charge in [-0.2, -0.15) is 0 Å². The normalized spacial score (nSPS) is 20.0. The Morgan fingerprint density at radius 3 is 2.57 bits per heavy atom. The number of benzene rings is 2. The van der Waals surface area contributed by atoms with E-state index < -0.39 is 0 Å². The molecule has 2 aliphatic heterocycles. The molecule has 2 heterocycles.